The third kappa shape index (κ3) is 3.54. The quantitative estimate of drug-likeness (QED) is 0.814. The first-order chi connectivity index (χ1) is 12.6. The van der Waals surface area contributed by atoms with Crippen LogP contribution in [-0.4, -0.2) is 45.3 Å². The Labute approximate surface area is 157 Å². The molecule has 2 heterocycles. The highest BCUT2D eigenvalue weighted by atomic mass is 32.1. The maximum absolute atomic E-state index is 12.0. The maximum atomic E-state index is 12.0. The van der Waals surface area contributed by atoms with Gasteiger partial charge in [0.1, 0.15) is 10.4 Å². The van der Waals surface area contributed by atoms with Crippen LogP contribution >= 0.6 is 11.3 Å². The lowest BCUT2D eigenvalue weighted by molar-refractivity contribution is -0.165. The van der Waals surface area contributed by atoms with Gasteiger partial charge in [-0.15, -0.1) is 11.3 Å². The summed E-state index contributed by atoms with van der Waals surface area (Å²) in [7, 11) is 0. The molecule has 2 atom stereocenters. The number of aliphatic hydroxyl groups is 1. The van der Waals surface area contributed by atoms with Crippen molar-refractivity contribution in [2.24, 2.45) is 11.3 Å². The van der Waals surface area contributed by atoms with Gasteiger partial charge in [0.15, 0.2) is 0 Å². The van der Waals surface area contributed by atoms with E-state index in [1.54, 1.807) is 11.3 Å². The Kier molecular flexibility index (Phi) is 4.82. The molecule has 0 spiro atoms. The third-order valence-corrected chi connectivity index (χ3v) is 6.45. The lowest BCUT2D eigenvalue weighted by Crippen LogP contribution is -2.55. The molecule has 1 aliphatic carbocycles. The normalized spacial score (nSPS) is 26.7. The molecular weight excluding hydrogens is 348 g/mol. The van der Waals surface area contributed by atoms with Crippen molar-refractivity contribution in [1.29, 1.82) is 0 Å². The Bertz CT molecular complexity index is 774. The molecule has 1 saturated heterocycles. The number of aliphatic hydroxyl groups excluding tert-OH is 1. The molecule has 2 N–H and O–H groups in total. The Hall–Kier alpha value is -1.76. The van der Waals surface area contributed by atoms with Crippen molar-refractivity contribution in [3.05, 3.63) is 40.7 Å². The lowest BCUT2D eigenvalue weighted by atomic mass is 9.73. The van der Waals surface area contributed by atoms with Gasteiger partial charge in [0.05, 0.1) is 18.3 Å². The second-order valence-electron chi connectivity index (χ2n) is 7.62. The van der Waals surface area contributed by atoms with Crippen LogP contribution in [0.15, 0.2) is 35.7 Å². The van der Waals surface area contributed by atoms with Gasteiger partial charge in [-0.2, -0.15) is 0 Å². The highest BCUT2D eigenvalue weighted by Crippen LogP contribution is 2.45. The van der Waals surface area contributed by atoms with Crippen molar-refractivity contribution >= 4 is 17.3 Å². The van der Waals surface area contributed by atoms with Crippen LogP contribution in [0.4, 0.5) is 0 Å². The number of carbonyl (C=O) groups is 1. The van der Waals surface area contributed by atoms with Gasteiger partial charge in [-0.25, -0.2) is 4.98 Å². The average molecular weight is 372 g/mol. The van der Waals surface area contributed by atoms with Crippen molar-refractivity contribution in [2.75, 3.05) is 13.1 Å². The zero-order valence-corrected chi connectivity index (χ0v) is 15.5. The SMILES string of the molecule is O=C(O)[C@]1(CC2CC2)CN(Cc2nc(-c3ccccc3)cs2)CC[C@H]1O. The Balaban J connectivity index is 1.48. The molecule has 26 heavy (non-hydrogen) atoms. The number of carboxylic acid groups (broad SMARTS) is 1. The van der Waals surface area contributed by atoms with Gasteiger partial charge in [0.2, 0.25) is 0 Å². The Morgan fingerprint density at radius 2 is 2.04 bits per heavy atom. The van der Waals surface area contributed by atoms with E-state index in [-0.39, 0.29) is 0 Å². The molecule has 138 valence electrons. The summed E-state index contributed by atoms with van der Waals surface area (Å²) in [5.41, 5.74) is 1.03. The van der Waals surface area contributed by atoms with E-state index in [1.807, 2.05) is 30.3 Å². The van der Waals surface area contributed by atoms with E-state index in [1.165, 1.54) is 0 Å². The molecule has 4 rings (SSSR count). The number of aromatic nitrogens is 1. The van der Waals surface area contributed by atoms with E-state index in [4.69, 9.17) is 4.98 Å². The summed E-state index contributed by atoms with van der Waals surface area (Å²) in [5, 5.41) is 23.4. The third-order valence-electron chi connectivity index (χ3n) is 5.62. The summed E-state index contributed by atoms with van der Waals surface area (Å²) in [6.07, 6.45) is 2.53. The summed E-state index contributed by atoms with van der Waals surface area (Å²) in [6.45, 7) is 1.76. The topological polar surface area (TPSA) is 73.7 Å². The minimum absolute atomic E-state index is 0.403. The number of thiazole rings is 1. The van der Waals surface area contributed by atoms with E-state index < -0.39 is 17.5 Å². The first kappa shape index (κ1) is 17.6. The molecule has 2 aromatic rings. The number of nitrogens with zero attached hydrogens (tertiary/aromatic N) is 2. The highest BCUT2D eigenvalue weighted by molar-refractivity contribution is 7.09. The lowest BCUT2D eigenvalue weighted by Gasteiger charge is -2.43. The molecular formula is C20H24N2O3S. The van der Waals surface area contributed by atoms with Gasteiger partial charge in [0, 0.05) is 24.0 Å². The first-order valence-corrected chi connectivity index (χ1v) is 10.1. The van der Waals surface area contributed by atoms with Crippen molar-refractivity contribution in [2.45, 2.75) is 38.3 Å². The number of rotatable bonds is 6. The summed E-state index contributed by atoms with van der Waals surface area (Å²) in [5.74, 6) is -0.393. The minimum Gasteiger partial charge on any atom is -0.481 e. The van der Waals surface area contributed by atoms with Gasteiger partial charge in [-0.3, -0.25) is 9.69 Å². The molecule has 5 nitrogen and oxygen atoms in total. The van der Waals surface area contributed by atoms with Gasteiger partial charge >= 0.3 is 5.97 Å². The number of hydrogen-bond acceptors (Lipinski definition) is 5. The van der Waals surface area contributed by atoms with Crippen LogP contribution in [0.3, 0.4) is 0 Å². The number of carboxylic acids is 1. The summed E-state index contributed by atoms with van der Waals surface area (Å²) in [4.78, 5) is 18.9. The summed E-state index contributed by atoms with van der Waals surface area (Å²) in [6, 6.07) is 10.1. The fraction of sp³-hybridized carbons (Fsp3) is 0.500. The fourth-order valence-corrected chi connectivity index (χ4v) is 4.80. The standard InChI is InChI=1S/C20H24N2O3S/c23-17-8-9-22(13-20(17,19(24)25)10-14-6-7-14)11-18-21-16(12-26-18)15-4-2-1-3-5-15/h1-5,12,14,17,23H,6-11,13H2,(H,24,25)/t17-,20-/m1/s1. The van der Waals surface area contributed by atoms with Crippen molar-refractivity contribution in [1.82, 2.24) is 9.88 Å². The maximum Gasteiger partial charge on any atom is 0.313 e. The van der Waals surface area contributed by atoms with Crippen LogP contribution in [0.1, 0.15) is 30.7 Å². The number of hydrogen-bond donors (Lipinski definition) is 2. The smallest absolute Gasteiger partial charge is 0.313 e. The second-order valence-corrected chi connectivity index (χ2v) is 8.56. The first-order valence-electron chi connectivity index (χ1n) is 9.20. The summed E-state index contributed by atoms with van der Waals surface area (Å²) >= 11 is 1.61. The van der Waals surface area contributed by atoms with Crippen molar-refractivity contribution in [3.8, 4) is 11.3 Å². The van der Waals surface area contributed by atoms with Crippen LogP contribution in [0, 0.1) is 11.3 Å². The van der Waals surface area contributed by atoms with Crippen LogP contribution in [0.25, 0.3) is 11.3 Å². The molecule has 6 heteroatoms. The molecule has 0 radical (unpaired) electrons. The number of benzene rings is 1. The van der Waals surface area contributed by atoms with Crippen LogP contribution in [0.2, 0.25) is 0 Å². The van der Waals surface area contributed by atoms with Crippen LogP contribution < -0.4 is 0 Å². The van der Waals surface area contributed by atoms with Gasteiger partial charge in [-0.1, -0.05) is 43.2 Å². The molecule has 0 unspecified atom stereocenters. The van der Waals surface area contributed by atoms with Gasteiger partial charge < -0.3 is 10.2 Å². The Morgan fingerprint density at radius 3 is 2.73 bits per heavy atom. The molecule has 1 saturated carbocycles. The van der Waals surface area contributed by atoms with E-state index in [2.05, 4.69) is 10.3 Å². The second kappa shape index (κ2) is 7.10. The molecule has 2 fully saturated rings. The predicted octanol–water partition coefficient (Wildman–Crippen LogP) is 3.25. The van der Waals surface area contributed by atoms with Crippen LogP contribution in [0.5, 0.6) is 0 Å². The Morgan fingerprint density at radius 1 is 1.27 bits per heavy atom. The number of aliphatic carboxylic acids is 1. The zero-order valence-electron chi connectivity index (χ0n) is 14.7. The highest BCUT2D eigenvalue weighted by Gasteiger charge is 2.51. The zero-order chi connectivity index (χ0) is 18.1. The van der Waals surface area contributed by atoms with Crippen molar-refractivity contribution in [3.63, 3.8) is 0 Å². The fourth-order valence-electron chi connectivity index (χ4n) is 3.95. The molecule has 0 bridgehead atoms. The van der Waals surface area contributed by atoms with E-state index in [0.29, 0.717) is 38.4 Å². The number of likely N-dealkylation sites (tertiary alicyclic amines) is 1. The monoisotopic (exact) mass is 372 g/mol. The van der Waals surface area contributed by atoms with Gasteiger partial charge in [0.25, 0.3) is 0 Å². The summed E-state index contributed by atoms with van der Waals surface area (Å²) < 4.78 is 0. The number of piperidine rings is 1. The molecule has 2 aliphatic rings. The average Bonchev–Trinajstić information content (AvgIpc) is 3.33. The molecule has 1 aromatic carbocycles. The molecule has 1 aliphatic heterocycles. The molecule has 1 aromatic heterocycles. The van der Waals surface area contributed by atoms with Gasteiger partial charge in [-0.05, 0) is 18.8 Å². The molecule has 0 amide bonds. The van der Waals surface area contributed by atoms with E-state index in [9.17, 15) is 15.0 Å². The van der Waals surface area contributed by atoms with E-state index in [0.717, 1.165) is 29.1 Å². The van der Waals surface area contributed by atoms with Crippen LogP contribution in [-0.2, 0) is 11.3 Å². The minimum atomic E-state index is -1.03. The van der Waals surface area contributed by atoms with E-state index >= 15 is 0 Å². The predicted molar refractivity (Wildman–Crippen MR) is 101 cm³/mol. The largest absolute Gasteiger partial charge is 0.481 e. The van der Waals surface area contributed by atoms with Crippen molar-refractivity contribution < 1.29 is 15.0 Å².